The summed E-state index contributed by atoms with van der Waals surface area (Å²) in [4.78, 5) is 13.3. The van der Waals surface area contributed by atoms with Crippen LogP contribution in [-0.4, -0.2) is 19.4 Å². The Morgan fingerprint density at radius 3 is 2.47 bits per heavy atom. The molecule has 1 N–H and O–H groups in total. The Kier molecular flexibility index (Phi) is 4.73. The van der Waals surface area contributed by atoms with Crippen LogP contribution in [-0.2, 0) is 0 Å². The van der Waals surface area contributed by atoms with Crippen molar-refractivity contribution in [3.8, 4) is 22.4 Å². The largest absolute Gasteiger partial charge is 0.337 e. The van der Waals surface area contributed by atoms with Crippen LogP contribution in [0.5, 0.6) is 0 Å². The van der Waals surface area contributed by atoms with Gasteiger partial charge in [-0.3, -0.25) is 0 Å². The van der Waals surface area contributed by atoms with Gasteiger partial charge in [0, 0.05) is 23.3 Å². The van der Waals surface area contributed by atoms with Crippen molar-refractivity contribution in [2.24, 2.45) is 0 Å². The maximum atomic E-state index is 14.2. The zero-order valence-electron chi connectivity index (χ0n) is 17.8. The van der Waals surface area contributed by atoms with E-state index in [4.69, 9.17) is 4.98 Å². The van der Waals surface area contributed by atoms with E-state index in [1.807, 2.05) is 77.5 Å². The molecule has 164 valence electrons. The van der Waals surface area contributed by atoms with Crippen LogP contribution < -0.4 is 5.32 Å². The summed E-state index contributed by atoms with van der Waals surface area (Å²) in [5.74, 6) is -1.48. The molecule has 34 heavy (non-hydrogen) atoms. The van der Waals surface area contributed by atoms with Crippen LogP contribution in [0.1, 0.15) is 0 Å². The molecule has 3 heterocycles. The molecular formula is C27H17F2N5. The number of nitrogens with zero attached hydrogens (tertiary/aromatic N) is 4. The number of halogens is 2. The first-order chi connectivity index (χ1) is 16.7. The number of nitrogens with one attached hydrogen (secondary N) is 1. The summed E-state index contributed by atoms with van der Waals surface area (Å²) >= 11 is 0. The normalized spacial score (nSPS) is 11.2. The molecule has 0 radical (unpaired) electrons. The van der Waals surface area contributed by atoms with Gasteiger partial charge in [0.15, 0.2) is 11.6 Å². The zero-order valence-corrected chi connectivity index (χ0v) is 17.8. The van der Waals surface area contributed by atoms with E-state index in [0.29, 0.717) is 16.7 Å². The van der Waals surface area contributed by atoms with E-state index >= 15 is 0 Å². The third kappa shape index (κ3) is 3.53. The molecule has 0 amide bonds. The van der Waals surface area contributed by atoms with Gasteiger partial charge in [-0.15, -0.1) is 0 Å². The topological polar surface area (TPSA) is 55.1 Å². The molecule has 0 fully saturated rings. The summed E-state index contributed by atoms with van der Waals surface area (Å²) in [6.45, 7) is 0. The van der Waals surface area contributed by atoms with Gasteiger partial charge in [0.1, 0.15) is 17.8 Å². The fourth-order valence-electron chi connectivity index (χ4n) is 3.97. The first-order valence-corrected chi connectivity index (χ1v) is 10.7. The lowest BCUT2D eigenvalue weighted by Crippen LogP contribution is -1.99. The van der Waals surface area contributed by atoms with Gasteiger partial charge in [-0.25, -0.2) is 23.7 Å². The molecule has 5 nitrogen and oxygen atoms in total. The van der Waals surface area contributed by atoms with Gasteiger partial charge in [-0.05, 0) is 47.5 Å². The molecule has 0 saturated carbocycles. The summed E-state index contributed by atoms with van der Waals surface area (Å²) in [6.07, 6.45) is 5.40. The fraction of sp³-hybridized carbons (Fsp3) is 0. The standard InChI is InChI=1S/C27H17F2N5/c28-21-7-4-8-23(26(21)29)33-27-20-13-18(9-11-22(20)30-16-31-27)19-10-12-25-32-24(15-34(25)14-19)17-5-2-1-3-6-17/h1-16H,(H,30,31,33). The number of benzene rings is 3. The third-order valence-electron chi connectivity index (χ3n) is 5.69. The molecule has 0 aliphatic heterocycles. The smallest absolute Gasteiger partial charge is 0.182 e. The van der Waals surface area contributed by atoms with Crippen LogP contribution in [0.15, 0.2) is 97.6 Å². The number of aromatic nitrogens is 4. The van der Waals surface area contributed by atoms with Crippen molar-refractivity contribution in [1.29, 1.82) is 0 Å². The Labute approximate surface area is 193 Å². The van der Waals surface area contributed by atoms with E-state index < -0.39 is 11.6 Å². The molecule has 6 aromatic rings. The van der Waals surface area contributed by atoms with E-state index in [0.717, 1.165) is 34.1 Å². The maximum Gasteiger partial charge on any atom is 0.182 e. The van der Waals surface area contributed by atoms with Crippen molar-refractivity contribution in [2.75, 3.05) is 5.32 Å². The molecule has 0 spiro atoms. The molecule has 3 aromatic heterocycles. The fourth-order valence-corrected chi connectivity index (χ4v) is 3.97. The maximum absolute atomic E-state index is 14.2. The summed E-state index contributed by atoms with van der Waals surface area (Å²) < 4.78 is 29.9. The molecule has 6 rings (SSSR count). The lowest BCUT2D eigenvalue weighted by Gasteiger charge is -2.11. The Bertz CT molecular complexity index is 1660. The molecule has 0 bridgehead atoms. The first-order valence-electron chi connectivity index (χ1n) is 10.7. The number of fused-ring (bicyclic) bond motifs is 2. The minimum Gasteiger partial charge on any atom is -0.337 e. The predicted molar refractivity (Wildman–Crippen MR) is 129 cm³/mol. The van der Waals surface area contributed by atoms with E-state index in [-0.39, 0.29) is 5.69 Å². The molecule has 0 unspecified atom stereocenters. The SMILES string of the molecule is Fc1cccc(Nc2ncnc3ccc(-c4ccc5nc(-c6ccccc6)cn5c4)cc23)c1F. The van der Waals surface area contributed by atoms with Crippen molar-refractivity contribution in [3.05, 3.63) is 109 Å². The highest BCUT2D eigenvalue weighted by Gasteiger charge is 2.12. The molecule has 0 aliphatic carbocycles. The number of hydrogen-bond donors (Lipinski definition) is 1. The number of anilines is 2. The monoisotopic (exact) mass is 449 g/mol. The minimum atomic E-state index is -0.954. The molecule has 3 aromatic carbocycles. The lowest BCUT2D eigenvalue weighted by atomic mass is 10.0. The molecule has 7 heteroatoms. The highest BCUT2D eigenvalue weighted by atomic mass is 19.2. The second-order valence-corrected chi connectivity index (χ2v) is 7.86. The molecule has 0 saturated heterocycles. The Hall–Kier alpha value is -4.65. The van der Waals surface area contributed by atoms with Gasteiger partial charge in [0.2, 0.25) is 0 Å². The average molecular weight is 449 g/mol. The second-order valence-electron chi connectivity index (χ2n) is 7.86. The minimum absolute atomic E-state index is 0.0127. The van der Waals surface area contributed by atoms with Crippen molar-refractivity contribution in [1.82, 2.24) is 19.4 Å². The molecule has 0 atom stereocenters. The van der Waals surface area contributed by atoms with Crippen LogP contribution in [0.4, 0.5) is 20.3 Å². The van der Waals surface area contributed by atoms with Gasteiger partial charge < -0.3 is 9.72 Å². The van der Waals surface area contributed by atoms with Crippen LogP contribution >= 0.6 is 0 Å². The summed E-state index contributed by atoms with van der Waals surface area (Å²) in [5, 5.41) is 3.60. The molecule has 0 aliphatic rings. The van der Waals surface area contributed by atoms with Crippen LogP contribution in [0.3, 0.4) is 0 Å². The Morgan fingerprint density at radius 2 is 1.59 bits per heavy atom. The highest BCUT2D eigenvalue weighted by molar-refractivity contribution is 5.93. The Balaban J connectivity index is 1.41. The van der Waals surface area contributed by atoms with E-state index in [2.05, 4.69) is 15.3 Å². The van der Waals surface area contributed by atoms with Gasteiger partial charge in [-0.1, -0.05) is 42.5 Å². The van der Waals surface area contributed by atoms with E-state index in [1.54, 1.807) is 0 Å². The highest BCUT2D eigenvalue weighted by Crippen LogP contribution is 2.30. The van der Waals surface area contributed by atoms with Gasteiger partial charge >= 0.3 is 0 Å². The number of pyridine rings is 1. The van der Waals surface area contributed by atoms with E-state index in [9.17, 15) is 8.78 Å². The third-order valence-corrected chi connectivity index (χ3v) is 5.69. The number of rotatable bonds is 4. The van der Waals surface area contributed by atoms with Crippen molar-refractivity contribution < 1.29 is 8.78 Å². The first kappa shape index (κ1) is 20.0. The quantitative estimate of drug-likeness (QED) is 0.328. The van der Waals surface area contributed by atoms with Crippen molar-refractivity contribution in [3.63, 3.8) is 0 Å². The van der Waals surface area contributed by atoms with Crippen LogP contribution in [0.25, 0.3) is 38.9 Å². The lowest BCUT2D eigenvalue weighted by molar-refractivity contribution is 0.512. The Morgan fingerprint density at radius 1 is 0.735 bits per heavy atom. The van der Waals surface area contributed by atoms with E-state index in [1.165, 1.54) is 18.5 Å². The average Bonchev–Trinajstić information content (AvgIpc) is 3.31. The van der Waals surface area contributed by atoms with Crippen LogP contribution in [0.2, 0.25) is 0 Å². The second kappa shape index (κ2) is 8.04. The number of hydrogen-bond acceptors (Lipinski definition) is 4. The summed E-state index contributed by atoms with van der Waals surface area (Å²) in [7, 11) is 0. The van der Waals surface area contributed by atoms with Crippen LogP contribution in [0, 0.1) is 11.6 Å². The predicted octanol–water partition coefficient (Wildman–Crippen LogP) is 6.63. The van der Waals surface area contributed by atoms with Crippen molar-refractivity contribution in [2.45, 2.75) is 0 Å². The zero-order chi connectivity index (χ0) is 23.1. The molecular weight excluding hydrogens is 432 g/mol. The summed E-state index contributed by atoms with van der Waals surface area (Å²) in [6, 6.07) is 23.8. The van der Waals surface area contributed by atoms with Gasteiger partial charge in [0.05, 0.1) is 16.9 Å². The van der Waals surface area contributed by atoms with Crippen molar-refractivity contribution >= 4 is 28.1 Å². The summed E-state index contributed by atoms with van der Waals surface area (Å²) in [5.41, 5.74) is 5.40. The van der Waals surface area contributed by atoms with Gasteiger partial charge in [-0.2, -0.15) is 0 Å². The number of imidazole rings is 1. The van der Waals surface area contributed by atoms with Gasteiger partial charge in [0.25, 0.3) is 0 Å².